The van der Waals surface area contributed by atoms with E-state index in [1.54, 1.807) is 0 Å². The Bertz CT molecular complexity index is 490. The normalized spacial score (nSPS) is 22.8. The molecule has 0 aliphatic carbocycles. The van der Waals surface area contributed by atoms with Crippen LogP contribution < -0.4 is 5.32 Å². The largest absolute Gasteiger partial charge is 0.370 e. The van der Waals surface area contributed by atoms with Crippen LogP contribution in [0.1, 0.15) is 5.56 Å². The average Bonchev–Trinajstić information content (AvgIpc) is 2.40. The minimum Gasteiger partial charge on any atom is -0.370 e. The summed E-state index contributed by atoms with van der Waals surface area (Å²) in [5, 5.41) is 23.1. The molecule has 16 heavy (non-hydrogen) atoms. The molecule has 1 aliphatic heterocycles. The summed E-state index contributed by atoms with van der Waals surface area (Å²) < 4.78 is 0. The lowest BCUT2D eigenvalue weighted by Crippen LogP contribution is -2.40. The number of aliphatic hydroxyl groups is 1. The molecule has 0 bridgehead atoms. The molecular weight excluding hydrogens is 236 g/mol. The van der Waals surface area contributed by atoms with Crippen molar-refractivity contribution in [3.63, 3.8) is 0 Å². The molecule has 6 nitrogen and oxygen atoms in total. The van der Waals surface area contributed by atoms with Gasteiger partial charge in [0.2, 0.25) is 12.1 Å². The summed E-state index contributed by atoms with van der Waals surface area (Å²) in [6.07, 6.45) is 0. The Balaban J connectivity index is 2.53. The highest BCUT2D eigenvalue weighted by Crippen LogP contribution is 2.37. The minimum absolute atomic E-state index is 0.140. The molecule has 0 saturated carbocycles. The maximum absolute atomic E-state index is 11.5. The molecule has 1 aliphatic rings. The van der Waals surface area contributed by atoms with Crippen LogP contribution in [0, 0.1) is 10.1 Å². The van der Waals surface area contributed by atoms with Gasteiger partial charge in [0.25, 0.3) is 5.91 Å². The van der Waals surface area contributed by atoms with E-state index in [1.807, 2.05) is 0 Å². The van der Waals surface area contributed by atoms with E-state index in [-0.39, 0.29) is 5.56 Å². The number of nitrogens with zero attached hydrogens (tertiary/aromatic N) is 1. The second-order valence-electron chi connectivity index (χ2n) is 3.50. The monoisotopic (exact) mass is 242 g/mol. The Labute approximate surface area is 95.0 Å². The molecule has 1 aromatic rings. The van der Waals surface area contributed by atoms with E-state index in [1.165, 1.54) is 18.2 Å². The van der Waals surface area contributed by atoms with Crippen molar-refractivity contribution in [3.05, 3.63) is 38.9 Å². The molecule has 7 heteroatoms. The number of rotatable bonds is 2. The third kappa shape index (κ3) is 1.52. The zero-order valence-corrected chi connectivity index (χ0v) is 8.69. The van der Waals surface area contributed by atoms with E-state index in [0.717, 1.165) is 0 Å². The lowest BCUT2D eigenvalue weighted by molar-refractivity contribution is -0.498. The Morgan fingerprint density at radius 2 is 2.25 bits per heavy atom. The number of hydrogen-bond acceptors (Lipinski definition) is 4. The first-order valence-electron chi connectivity index (χ1n) is 4.39. The van der Waals surface area contributed by atoms with Crippen molar-refractivity contribution in [1.82, 2.24) is 0 Å². The number of hydrogen-bond donors (Lipinski definition) is 2. The van der Waals surface area contributed by atoms with Crippen LogP contribution >= 0.6 is 11.6 Å². The maximum atomic E-state index is 11.5. The molecular formula is C9H7ClN2O4. The molecule has 2 N–H and O–H groups in total. The molecule has 1 aromatic carbocycles. The number of nitrogens with one attached hydrogen (secondary N) is 1. The van der Waals surface area contributed by atoms with Crippen molar-refractivity contribution in [2.75, 3.05) is 11.9 Å². The predicted octanol–water partition coefficient (Wildman–Crippen LogP) is 0.756. The number of nitro groups is 1. The van der Waals surface area contributed by atoms with Crippen molar-refractivity contribution >= 4 is 23.2 Å². The Morgan fingerprint density at radius 1 is 1.56 bits per heavy atom. The molecule has 1 heterocycles. The van der Waals surface area contributed by atoms with Gasteiger partial charge < -0.3 is 10.4 Å². The van der Waals surface area contributed by atoms with Crippen LogP contribution in [0.3, 0.4) is 0 Å². The first-order chi connectivity index (χ1) is 7.43. The van der Waals surface area contributed by atoms with Gasteiger partial charge in [-0.15, -0.1) is 0 Å². The molecule has 84 valence electrons. The minimum atomic E-state index is -2.14. The summed E-state index contributed by atoms with van der Waals surface area (Å²) in [5.41, 5.74) is -1.65. The van der Waals surface area contributed by atoms with Gasteiger partial charge in [-0.1, -0.05) is 11.6 Å². The van der Waals surface area contributed by atoms with Gasteiger partial charge in [0.1, 0.15) is 0 Å². The topological polar surface area (TPSA) is 92.5 Å². The molecule has 0 saturated heterocycles. The summed E-state index contributed by atoms with van der Waals surface area (Å²) in [6.45, 7) is -0.883. The Morgan fingerprint density at radius 3 is 2.88 bits per heavy atom. The highest BCUT2D eigenvalue weighted by molar-refractivity contribution is 6.31. The lowest BCUT2D eigenvalue weighted by atomic mass is 9.96. The Hall–Kier alpha value is -1.66. The van der Waals surface area contributed by atoms with Crippen molar-refractivity contribution in [3.8, 4) is 0 Å². The van der Waals surface area contributed by atoms with Gasteiger partial charge >= 0.3 is 0 Å². The summed E-state index contributed by atoms with van der Waals surface area (Å²) in [5.74, 6) is -0.804. The van der Waals surface area contributed by atoms with Gasteiger partial charge in [-0.3, -0.25) is 14.9 Å². The van der Waals surface area contributed by atoms with Crippen molar-refractivity contribution < 1.29 is 14.8 Å². The fraction of sp³-hybridized carbons (Fsp3) is 0.222. The predicted molar refractivity (Wildman–Crippen MR) is 55.8 cm³/mol. The number of anilines is 1. The molecule has 1 amide bonds. The van der Waals surface area contributed by atoms with Crippen molar-refractivity contribution in [2.24, 2.45) is 0 Å². The summed E-state index contributed by atoms with van der Waals surface area (Å²) in [7, 11) is 0. The van der Waals surface area contributed by atoms with Crippen LogP contribution in [0.2, 0.25) is 5.02 Å². The van der Waals surface area contributed by atoms with Crippen LogP contribution in [-0.2, 0) is 10.4 Å². The number of halogens is 1. The van der Waals surface area contributed by atoms with Gasteiger partial charge in [0.15, 0.2) is 0 Å². The van der Waals surface area contributed by atoms with E-state index >= 15 is 0 Å². The van der Waals surface area contributed by atoms with Crippen molar-refractivity contribution in [1.29, 1.82) is 0 Å². The van der Waals surface area contributed by atoms with E-state index in [2.05, 4.69) is 5.32 Å². The fourth-order valence-corrected chi connectivity index (χ4v) is 1.83. The molecule has 1 atom stereocenters. The second kappa shape index (κ2) is 3.43. The molecule has 0 spiro atoms. The summed E-state index contributed by atoms with van der Waals surface area (Å²) >= 11 is 5.71. The first-order valence-corrected chi connectivity index (χ1v) is 4.77. The van der Waals surface area contributed by atoms with Crippen LogP contribution in [0.15, 0.2) is 18.2 Å². The van der Waals surface area contributed by atoms with Gasteiger partial charge in [-0.05, 0) is 18.2 Å². The maximum Gasteiger partial charge on any atom is 0.268 e. The number of fused-ring (bicyclic) bond motifs is 1. The zero-order valence-electron chi connectivity index (χ0n) is 7.94. The van der Waals surface area contributed by atoms with Gasteiger partial charge in [-0.2, -0.15) is 0 Å². The van der Waals surface area contributed by atoms with Crippen LogP contribution in [0.4, 0.5) is 5.69 Å². The Kier molecular flexibility index (Phi) is 2.32. The van der Waals surface area contributed by atoms with E-state index in [0.29, 0.717) is 10.7 Å². The number of carbonyl (C=O) groups is 1. The average molecular weight is 243 g/mol. The SMILES string of the molecule is O=C1Nc2ccc(Cl)cc2[C@]1(O)C[N+](=O)[O-]. The van der Waals surface area contributed by atoms with E-state index < -0.39 is 23.0 Å². The highest BCUT2D eigenvalue weighted by atomic mass is 35.5. The fourth-order valence-electron chi connectivity index (χ4n) is 1.66. The molecule has 0 radical (unpaired) electrons. The lowest BCUT2D eigenvalue weighted by Gasteiger charge is -2.15. The molecule has 0 unspecified atom stereocenters. The van der Waals surface area contributed by atoms with Crippen LogP contribution in [0.25, 0.3) is 0 Å². The van der Waals surface area contributed by atoms with Crippen LogP contribution in [-0.4, -0.2) is 22.5 Å². The van der Waals surface area contributed by atoms with Gasteiger partial charge in [0.05, 0.1) is 0 Å². The van der Waals surface area contributed by atoms with E-state index in [9.17, 15) is 20.0 Å². The second-order valence-corrected chi connectivity index (χ2v) is 3.93. The summed E-state index contributed by atoms with van der Waals surface area (Å²) in [6, 6.07) is 4.37. The third-order valence-electron chi connectivity index (χ3n) is 2.41. The smallest absolute Gasteiger partial charge is 0.268 e. The highest BCUT2D eigenvalue weighted by Gasteiger charge is 2.49. The molecule has 0 aromatic heterocycles. The quantitative estimate of drug-likeness (QED) is 0.591. The number of carbonyl (C=O) groups excluding carboxylic acids is 1. The third-order valence-corrected chi connectivity index (χ3v) is 2.64. The first kappa shape index (κ1) is 10.8. The molecule has 0 fully saturated rings. The number of benzene rings is 1. The van der Waals surface area contributed by atoms with Gasteiger partial charge in [0, 0.05) is 21.2 Å². The van der Waals surface area contributed by atoms with Crippen LogP contribution in [0.5, 0.6) is 0 Å². The van der Waals surface area contributed by atoms with Gasteiger partial charge in [-0.25, -0.2) is 0 Å². The summed E-state index contributed by atoms with van der Waals surface area (Å²) in [4.78, 5) is 21.2. The van der Waals surface area contributed by atoms with E-state index in [4.69, 9.17) is 11.6 Å². The van der Waals surface area contributed by atoms with Crippen molar-refractivity contribution in [2.45, 2.75) is 5.60 Å². The molecule has 2 rings (SSSR count). The number of amides is 1. The zero-order chi connectivity index (χ0) is 11.9. The standard InChI is InChI=1S/C9H7ClN2O4/c10-5-1-2-7-6(3-5)9(14,4-12(15)16)8(13)11-7/h1-3,14H,4H2,(H,11,13)/t9-/m1/s1.